The number of rotatable bonds is 3. The zero-order valence-corrected chi connectivity index (χ0v) is 13.9. The van der Waals surface area contributed by atoms with Gasteiger partial charge in [-0.15, -0.1) is 0 Å². The van der Waals surface area contributed by atoms with Gasteiger partial charge in [-0.25, -0.2) is 20.1 Å². The van der Waals surface area contributed by atoms with E-state index in [1.165, 1.54) is 17.2 Å². The molecule has 0 radical (unpaired) electrons. The number of nitrogens with zero attached hydrogens (tertiary/aromatic N) is 2. The van der Waals surface area contributed by atoms with Crippen LogP contribution in [0.2, 0.25) is 0 Å². The van der Waals surface area contributed by atoms with Crippen molar-refractivity contribution in [3.8, 4) is 0 Å². The highest BCUT2D eigenvalue weighted by Crippen LogP contribution is 2.40. The molecule has 1 saturated carbocycles. The maximum absolute atomic E-state index is 12.0. The third-order valence-electron chi connectivity index (χ3n) is 4.61. The molecule has 126 valence electrons. The Labute approximate surface area is 134 Å². The summed E-state index contributed by atoms with van der Waals surface area (Å²) in [6.07, 6.45) is 6.64. The fraction of sp³-hybridized carbons (Fsp3) is 0.688. The molecule has 7 nitrogen and oxygen atoms in total. The average molecular weight is 320 g/mol. The second-order valence-electron chi connectivity index (χ2n) is 7.12. The molecule has 1 aromatic heterocycles. The van der Waals surface area contributed by atoms with Crippen molar-refractivity contribution in [3.05, 3.63) is 32.6 Å². The average Bonchev–Trinajstić information content (AvgIpc) is 2.85. The summed E-state index contributed by atoms with van der Waals surface area (Å²) < 4.78 is 1.33. The highest BCUT2D eigenvalue weighted by Gasteiger charge is 2.42. The Bertz CT molecular complexity index is 734. The van der Waals surface area contributed by atoms with E-state index in [2.05, 4.69) is 29.3 Å². The number of hydroxylamine groups is 1. The van der Waals surface area contributed by atoms with Gasteiger partial charge in [0.15, 0.2) is 11.6 Å². The zero-order valence-electron chi connectivity index (χ0n) is 13.9. The van der Waals surface area contributed by atoms with Gasteiger partial charge in [-0.3, -0.25) is 9.78 Å². The minimum Gasteiger partial charge on any atom is -0.303 e. The number of amidine groups is 1. The number of aliphatic imine (C=N–C) groups is 1. The number of aryl methyl sites for hydroxylation is 1. The highest BCUT2D eigenvalue weighted by atomic mass is 16.7. The molecule has 1 spiro atoms. The molecule has 2 unspecified atom stereocenters. The Hall–Kier alpha value is -1.89. The van der Waals surface area contributed by atoms with Crippen LogP contribution in [-0.2, 0) is 11.9 Å². The van der Waals surface area contributed by atoms with Crippen LogP contribution < -0.4 is 16.7 Å². The van der Waals surface area contributed by atoms with E-state index < -0.39 is 17.0 Å². The highest BCUT2D eigenvalue weighted by molar-refractivity contribution is 5.98. The maximum Gasteiger partial charge on any atom is 0.328 e. The largest absolute Gasteiger partial charge is 0.328 e. The van der Waals surface area contributed by atoms with E-state index in [0.29, 0.717) is 23.2 Å². The summed E-state index contributed by atoms with van der Waals surface area (Å²) >= 11 is 0. The number of hydrogen-bond donors (Lipinski definition) is 2. The number of aromatic nitrogens is 2. The first kappa shape index (κ1) is 16.0. The molecule has 1 fully saturated rings. The van der Waals surface area contributed by atoms with Crippen LogP contribution in [0.15, 0.2) is 20.8 Å². The van der Waals surface area contributed by atoms with Crippen LogP contribution in [0.25, 0.3) is 0 Å². The Kier molecular flexibility index (Phi) is 4.14. The minimum absolute atomic E-state index is 0.329. The number of nitrogens with one attached hydrogen (secondary N) is 2. The Morgan fingerprint density at radius 3 is 3.00 bits per heavy atom. The van der Waals surface area contributed by atoms with Gasteiger partial charge in [0.05, 0.1) is 0 Å². The molecule has 2 N–H and O–H groups in total. The van der Waals surface area contributed by atoms with Crippen LogP contribution in [0.3, 0.4) is 0 Å². The summed E-state index contributed by atoms with van der Waals surface area (Å²) in [5.41, 5.74) is 1.67. The Morgan fingerprint density at radius 2 is 2.26 bits per heavy atom. The van der Waals surface area contributed by atoms with E-state index in [1.807, 2.05) is 0 Å². The standard InChI is InChI=1S/C16H24N4O3/c1-10(2)7-11-5-4-6-16(8-11)18-13(19-23-16)12-9-20(3)15(22)17-14(12)21/h9-11H,4-8H2,1-3H3,(H,18,19)(H,17,21,22). The van der Waals surface area contributed by atoms with Crippen molar-refractivity contribution in [2.24, 2.45) is 23.9 Å². The SMILES string of the molecule is CC(C)CC1CCCC2(C1)N=C(c1cn(C)c(=O)[nH]c1=O)NO2. The zero-order chi connectivity index (χ0) is 16.6. The first-order valence-corrected chi connectivity index (χ1v) is 8.23. The van der Waals surface area contributed by atoms with Crippen LogP contribution in [0.1, 0.15) is 51.5 Å². The van der Waals surface area contributed by atoms with Gasteiger partial charge < -0.3 is 4.57 Å². The van der Waals surface area contributed by atoms with E-state index >= 15 is 0 Å². The van der Waals surface area contributed by atoms with Gasteiger partial charge in [0.25, 0.3) is 5.56 Å². The molecule has 3 rings (SSSR count). The molecule has 2 atom stereocenters. The summed E-state index contributed by atoms with van der Waals surface area (Å²) in [4.78, 5) is 36.2. The molecule has 7 heteroatoms. The second kappa shape index (κ2) is 5.96. The van der Waals surface area contributed by atoms with Crippen molar-refractivity contribution in [2.45, 2.75) is 51.7 Å². The van der Waals surface area contributed by atoms with Gasteiger partial charge in [-0.1, -0.05) is 20.3 Å². The van der Waals surface area contributed by atoms with Crippen LogP contribution in [0, 0.1) is 11.8 Å². The quantitative estimate of drug-likeness (QED) is 0.878. The normalized spacial score (nSPS) is 27.3. The smallest absolute Gasteiger partial charge is 0.303 e. The van der Waals surface area contributed by atoms with Gasteiger partial charge in [-0.2, -0.15) is 0 Å². The first-order chi connectivity index (χ1) is 10.9. The fourth-order valence-corrected chi connectivity index (χ4v) is 3.62. The number of aromatic amines is 1. The summed E-state index contributed by atoms with van der Waals surface area (Å²) in [5, 5.41) is 0. The summed E-state index contributed by atoms with van der Waals surface area (Å²) in [6, 6.07) is 0. The fourth-order valence-electron chi connectivity index (χ4n) is 3.62. The van der Waals surface area contributed by atoms with E-state index in [4.69, 9.17) is 4.84 Å². The lowest BCUT2D eigenvalue weighted by Crippen LogP contribution is -2.37. The molecule has 23 heavy (non-hydrogen) atoms. The maximum atomic E-state index is 12.0. The van der Waals surface area contributed by atoms with Gasteiger partial charge in [0.1, 0.15) is 5.56 Å². The molecule has 1 aliphatic carbocycles. The van der Waals surface area contributed by atoms with E-state index in [-0.39, 0.29) is 0 Å². The van der Waals surface area contributed by atoms with Crippen molar-refractivity contribution in [2.75, 3.05) is 0 Å². The predicted octanol–water partition coefficient (Wildman–Crippen LogP) is 1.29. The minimum atomic E-state index is -0.575. The summed E-state index contributed by atoms with van der Waals surface area (Å²) in [5.74, 6) is 1.65. The molecular weight excluding hydrogens is 296 g/mol. The third-order valence-corrected chi connectivity index (χ3v) is 4.61. The third kappa shape index (κ3) is 3.24. The number of H-pyrrole nitrogens is 1. The first-order valence-electron chi connectivity index (χ1n) is 8.23. The van der Waals surface area contributed by atoms with Crippen LogP contribution in [0.4, 0.5) is 0 Å². The lowest BCUT2D eigenvalue weighted by molar-refractivity contribution is -0.0901. The van der Waals surface area contributed by atoms with Crippen molar-refractivity contribution in [1.29, 1.82) is 0 Å². The van der Waals surface area contributed by atoms with Gasteiger partial charge in [0, 0.05) is 19.7 Å². The molecule has 0 amide bonds. The predicted molar refractivity (Wildman–Crippen MR) is 87.2 cm³/mol. The van der Waals surface area contributed by atoms with Crippen molar-refractivity contribution in [1.82, 2.24) is 15.0 Å². The molecule has 1 aliphatic heterocycles. The molecular formula is C16H24N4O3. The van der Waals surface area contributed by atoms with Crippen molar-refractivity contribution >= 4 is 5.84 Å². The summed E-state index contributed by atoms with van der Waals surface area (Å²) in [6.45, 7) is 4.46. The monoisotopic (exact) mass is 320 g/mol. The molecule has 0 aromatic carbocycles. The van der Waals surface area contributed by atoms with E-state index in [1.54, 1.807) is 7.05 Å². The van der Waals surface area contributed by atoms with Crippen molar-refractivity contribution in [3.63, 3.8) is 0 Å². The summed E-state index contributed by atoms with van der Waals surface area (Å²) in [7, 11) is 1.59. The van der Waals surface area contributed by atoms with Crippen LogP contribution in [0.5, 0.6) is 0 Å². The second-order valence-corrected chi connectivity index (χ2v) is 7.12. The number of hydrogen-bond acceptors (Lipinski definition) is 5. The van der Waals surface area contributed by atoms with E-state index in [0.717, 1.165) is 25.7 Å². The Balaban J connectivity index is 1.87. The van der Waals surface area contributed by atoms with Crippen LogP contribution in [-0.4, -0.2) is 21.1 Å². The molecule has 1 aromatic rings. The lowest BCUT2D eigenvalue weighted by atomic mass is 9.79. The molecule has 2 aliphatic rings. The molecule has 0 saturated heterocycles. The molecule has 2 heterocycles. The van der Waals surface area contributed by atoms with Gasteiger partial charge in [-0.05, 0) is 31.1 Å². The van der Waals surface area contributed by atoms with Gasteiger partial charge >= 0.3 is 5.69 Å². The lowest BCUT2D eigenvalue weighted by Gasteiger charge is -2.34. The Morgan fingerprint density at radius 1 is 1.48 bits per heavy atom. The van der Waals surface area contributed by atoms with Crippen molar-refractivity contribution < 1.29 is 4.84 Å². The van der Waals surface area contributed by atoms with Crippen LogP contribution >= 0.6 is 0 Å². The van der Waals surface area contributed by atoms with Gasteiger partial charge in [0.2, 0.25) is 0 Å². The molecule has 0 bridgehead atoms. The topological polar surface area (TPSA) is 88.5 Å². The van der Waals surface area contributed by atoms with E-state index in [9.17, 15) is 9.59 Å².